The molecule has 138 valence electrons. The quantitative estimate of drug-likeness (QED) is 0.705. The zero-order chi connectivity index (χ0) is 19.0. The van der Waals surface area contributed by atoms with Crippen LogP contribution in [0.15, 0.2) is 59.4 Å². The lowest BCUT2D eigenvalue weighted by Crippen LogP contribution is -2.39. The van der Waals surface area contributed by atoms with Crippen molar-refractivity contribution in [2.75, 3.05) is 0 Å². The molecule has 0 bridgehead atoms. The summed E-state index contributed by atoms with van der Waals surface area (Å²) in [6, 6.07) is 6.05. The van der Waals surface area contributed by atoms with Crippen molar-refractivity contribution < 1.29 is 4.39 Å². The van der Waals surface area contributed by atoms with Gasteiger partial charge < -0.3 is 21.4 Å². The SMILES string of the molecule is C[C@@H]1CC2NC=C(c3nccs3)N2C=C1C(C=N)=C(N)c1ccc(F)cc1. The van der Waals surface area contributed by atoms with Crippen LogP contribution in [-0.4, -0.2) is 22.3 Å². The Kier molecular flexibility index (Phi) is 4.53. The normalized spacial score (nSPS) is 22.4. The van der Waals surface area contributed by atoms with E-state index in [9.17, 15) is 4.39 Å². The summed E-state index contributed by atoms with van der Waals surface area (Å²) in [7, 11) is 0. The highest BCUT2D eigenvalue weighted by molar-refractivity contribution is 7.10. The third-order valence-electron chi connectivity index (χ3n) is 4.96. The number of nitrogens with two attached hydrogens (primary N) is 1. The summed E-state index contributed by atoms with van der Waals surface area (Å²) in [4.78, 5) is 6.57. The van der Waals surface area contributed by atoms with Gasteiger partial charge in [-0.15, -0.1) is 11.3 Å². The summed E-state index contributed by atoms with van der Waals surface area (Å²) in [5.41, 5.74) is 10.2. The first-order chi connectivity index (χ1) is 13.1. The van der Waals surface area contributed by atoms with Crippen molar-refractivity contribution in [3.63, 3.8) is 0 Å². The number of halogens is 1. The standard InChI is InChI=1S/C20H20FN5S/c1-12-8-18-25-10-17(20-24-6-7-27-20)26(18)11-16(12)15(9-22)19(23)13-2-4-14(21)5-3-13/h2-7,9-12,18,22,25H,8,23H2,1H3/t12-,18?/m1/s1. The molecule has 2 atom stereocenters. The van der Waals surface area contributed by atoms with E-state index < -0.39 is 0 Å². The maximum atomic E-state index is 13.2. The molecule has 2 aliphatic rings. The monoisotopic (exact) mass is 381 g/mol. The first-order valence-corrected chi connectivity index (χ1v) is 9.59. The Morgan fingerprint density at radius 2 is 2.19 bits per heavy atom. The van der Waals surface area contributed by atoms with Crippen LogP contribution in [0, 0.1) is 17.1 Å². The predicted molar refractivity (Wildman–Crippen MR) is 107 cm³/mol. The van der Waals surface area contributed by atoms with E-state index in [1.54, 1.807) is 29.7 Å². The van der Waals surface area contributed by atoms with Gasteiger partial charge in [0.2, 0.25) is 0 Å². The Morgan fingerprint density at radius 3 is 2.85 bits per heavy atom. The van der Waals surface area contributed by atoms with Crippen molar-refractivity contribution in [2.24, 2.45) is 11.7 Å². The number of nitrogens with zero attached hydrogens (tertiary/aromatic N) is 2. The van der Waals surface area contributed by atoms with Gasteiger partial charge in [0.1, 0.15) is 17.0 Å². The fourth-order valence-corrected chi connectivity index (χ4v) is 4.19. The minimum atomic E-state index is -0.308. The van der Waals surface area contributed by atoms with Gasteiger partial charge in [0.15, 0.2) is 0 Å². The maximum absolute atomic E-state index is 13.2. The minimum Gasteiger partial charge on any atom is -0.398 e. The number of rotatable bonds is 4. The van der Waals surface area contributed by atoms with Gasteiger partial charge in [0.05, 0.1) is 5.70 Å². The molecule has 1 aromatic heterocycles. The number of aromatic nitrogens is 1. The Hall–Kier alpha value is -2.93. The Labute approximate surface area is 161 Å². The molecule has 7 heteroatoms. The zero-order valence-electron chi connectivity index (χ0n) is 14.8. The van der Waals surface area contributed by atoms with Crippen LogP contribution in [0.25, 0.3) is 11.4 Å². The lowest BCUT2D eigenvalue weighted by Gasteiger charge is -2.35. The third-order valence-corrected chi connectivity index (χ3v) is 5.76. The van der Waals surface area contributed by atoms with E-state index in [2.05, 4.69) is 28.3 Å². The van der Waals surface area contributed by atoms with E-state index in [4.69, 9.17) is 11.1 Å². The molecule has 0 spiro atoms. The summed E-state index contributed by atoms with van der Waals surface area (Å²) in [5, 5.41) is 14.3. The molecular weight excluding hydrogens is 361 g/mol. The predicted octanol–water partition coefficient (Wildman–Crippen LogP) is 3.76. The van der Waals surface area contributed by atoms with Crippen molar-refractivity contribution in [3.8, 4) is 0 Å². The number of thiazole rings is 1. The van der Waals surface area contributed by atoms with Gasteiger partial charge in [0.25, 0.3) is 0 Å². The summed E-state index contributed by atoms with van der Waals surface area (Å²) >= 11 is 1.59. The molecule has 0 saturated heterocycles. The topological polar surface area (TPSA) is 78.0 Å². The molecule has 0 amide bonds. The lowest BCUT2D eigenvalue weighted by atomic mass is 9.86. The van der Waals surface area contributed by atoms with Crippen LogP contribution in [-0.2, 0) is 0 Å². The Bertz CT molecular complexity index is 943. The number of fused-ring (bicyclic) bond motifs is 1. The molecule has 27 heavy (non-hydrogen) atoms. The number of allylic oxidation sites excluding steroid dienone is 2. The minimum absolute atomic E-state index is 0.168. The molecule has 1 unspecified atom stereocenters. The Balaban J connectivity index is 1.75. The highest BCUT2D eigenvalue weighted by Crippen LogP contribution is 2.38. The van der Waals surface area contributed by atoms with Crippen LogP contribution in [0.4, 0.5) is 4.39 Å². The van der Waals surface area contributed by atoms with Crippen LogP contribution in [0.3, 0.4) is 0 Å². The molecule has 0 radical (unpaired) electrons. The zero-order valence-corrected chi connectivity index (χ0v) is 15.6. The third kappa shape index (κ3) is 3.14. The van der Waals surface area contributed by atoms with Gasteiger partial charge in [-0.2, -0.15) is 0 Å². The molecule has 0 aliphatic carbocycles. The van der Waals surface area contributed by atoms with E-state index in [1.165, 1.54) is 18.3 Å². The fourth-order valence-electron chi connectivity index (χ4n) is 3.54. The summed E-state index contributed by atoms with van der Waals surface area (Å²) in [5.74, 6) is -0.0872. The largest absolute Gasteiger partial charge is 0.398 e. The van der Waals surface area contributed by atoms with Gasteiger partial charge in [-0.1, -0.05) is 6.92 Å². The molecule has 0 saturated carbocycles. The van der Waals surface area contributed by atoms with Crippen LogP contribution in [0.5, 0.6) is 0 Å². The van der Waals surface area contributed by atoms with Crippen molar-refractivity contribution in [3.05, 3.63) is 75.8 Å². The van der Waals surface area contributed by atoms with Crippen molar-refractivity contribution in [1.82, 2.24) is 15.2 Å². The Morgan fingerprint density at radius 1 is 1.41 bits per heavy atom. The smallest absolute Gasteiger partial charge is 0.141 e. The van der Waals surface area contributed by atoms with Gasteiger partial charge >= 0.3 is 0 Å². The van der Waals surface area contributed by atoms with E-state index in [1.807, 2.05) is 11.6 Å². The molecule has 4 rings (SSSR count). The molecule has 4 N–H and O–H groups in total. The molecule has 1 aromatic carbocycles. The van der Waals surface area contributed by atoms with Crippen LogP contribution in [0.1, 0.15) is 23.9 Å². The molecule has 0 fully saturated rings. The molecular formula is C20H20FN5S. The number of nitrogens with one attached hydrogen (secondary N) is 2. The second kappa shape index (κ2) is 7.00. The first-order valence-electron chi connectivity index (χ1n) is 8.71. The van der Waals surface area contributed by atoms with E-state index in [-0.39, 0.29) is 17.9 Å². The lowest BCUT2D eigenvalue weighted by molar-refractivity contribution is 0.298. The molecule has 2 aliphatic heterocycles. The van der Waals surface area contributed by atoms with Crippen LogP contribution >= 0.6 is 11.3 Å². The average molecular weight is 381 g/mol. The second-order valence-electron chi connectivity index (χ2n) is 6.66. The van der Waals surface area contributed by atoms with Gasteiger partial charge in [-0.05, 0) is 47.7 Å². The molecule has 2 aromatic rings. The van der Waals surface area contributed by atoms with Gasteiger partial charge in [-0.25, -0.2) is 9.37 Å². The fraction of sp³-hybridized carbons (Fsp3) is 0.200. The van der Waals surface area contributed by atoms with Crippen LogP contribution in [0.2, 0.25) is 0 Å². The summed E-state index contributed by atoms with van der Waals surface area (Å²) < 4.78 is 13.2. The summed E-state index contributed by atoms with van der Waals surface area (Å²) in [6.07, 6.45) is 8.18. The second-order valence-corrected chi connectivity index (χ2v) is 7.55. The first kappa shape index (κ1) is 17.5. The highest BCUT2D eigenvalue weighted by Gasteiger charge is 2.34. The van der Waals surface area contributed by atoms with Gasteiger partial charge in [-0.3, -0.25) is 0 Å². The summed E-state index contributed by atoms with van der Waals surface area (Å²) in [6.45, 7) is 2.13. The van der Waals surface area contributed by atoms with E-state index in [0.29, 0.717) is 16.8 Å². The number of benzene rings is 1. The van der Waals surface area contributed by atoms with Crippen molar-refractivity contribution in [2.45, 2.75) is 19.5 Å². The van der Waals surface area contributed by atoms with Crippen molar-refractivity contribution in [1.29, 1.82) is 5.41 Å². The molecule has 3 heterocycles. The van der Waals surface area contributed by atoms with Gasteiger partial charge in [0, 0.05) is 41.5 Å². The highest BCUT2D eigenvalue weighted by atomic mass is 32.1. The average Bonchev–Trinajstić information content (AvgIpc) is 3.32. The van der Waals surface area contributed by atoms with E-state index in [0.717, 1.165) is 22.7 Å². The number of hydrogen-bond acceptors (Lipinski definition) is 6. The number of hydrogen-bond donors (Lipinski definition) is 3. The molecule has 5 nitrogen and oxygen atoms in total. The van der Waals surface area contributed by atoms with E-state index >= 15 is 0 Å². The maximum Gasteiger partial charge on any atom is 0.141 e. The van der Waals surface area contributed by atoms with Crippen molar-refractivity contribution >= 4 is 28.9 Å². The van der Waals surface area contributed by atoms with Crippen LogP contribution < -0.4 is 11.1 Å².